The van der Waals surface area contributed by atoms with E-state index in [2.05, 4.69) is 80.4 Å². The predicted molar refractivity (Wildman–Crippen MR) is 103 cm³/mol. The van der Waals surface area contributed by atoms with Crippen LogP contribution in [0, 0.1) is 0 Å². The molecule has 0 aliphatic carbocycles. The molecule has 1 aromatic carbocycles. The third-order valence-electron chi connectivity index (χ3n) is 4.98. The minimum absolute atomic E-state index is 0.149. The molecule has 1 aliphatic heterocycles. The summed E-state index contributed by atoms with van der Waals surface area (Å²) >= 11 is 1.80. The summed E-state index contributed by atoms with van der Waals surface area (Å²) in [6.45, 7) is 10.2. The fraction of sp³-hybridized carbons (Fsp3) is 0.474. The highest BCUT2D eigenvalue weighted by Crippen LogP contribution is 2.37. The number of hydrogen-bond acceptors (Lipinski definition) is 4. The molecule has 0 N–H and O–H groups in total. The first-order valence-corrected chi connectivity index (χ1v) is 9.43. The molecule has 1 fully saturated rings. The van der Waals surface area contributed by atoms with E-state index in [1.54, 1.807) is 11.3 Å². The summed E-state index contributed by atoms with van der Waals surface area (Å²) in [5.41, 5.74) is 0.717. The topological polar surface area (TPSA) is 21.7 Å². The zero-order valence-corrected chi connectivity index (χ0v) is 15.8. The largest absolute Gasteiger partial charge is 0.459 e. The van der Waals surface area contributed by atoms with Crippen LogP contribution in [0.25, 0.3) is 0 Å². The summed E-state index contributed by atoms with van der Waals surface area (Å²) in [5.74, 6) is 0. The number of benzene rings is 1. The van der Waals surface area contributed by atoms with E-state index in [1.807, 2.05) is 0 Å². The van der Waals surface area contributed by atoms with E-state index >= 15 is 0 Å². The van der Waals surface area contributed by atoms with Crippen molar-refractivity contribution in [2.24, 2.45) is 0 Å². The molecular formula is C19H26BNO2S. The van der Waals surface area contributed by atoms with Crippen LogP contribution in [0.3, 0.4) is 0 Å². The highest BCUT2D eigenvalue weighted by molar-refractivity contribution is 7.09. The van der Waals surface area contributed by atoms with Gasteiger partial charge in [0.1, 0.15) is 0 Å². The predicted octanol–water partition coefficient (Wildman–Crippen LogP) is 4.85. The molecule has 128 valence electrons. The van der Waals surface area contributed by atoms with Gasteiger partial charge in [-0.3, -0.25) is 0 Å². The Labute approximate surface area is 149 Å². The highest BCUT2D eigenvalue weighted by atomic mass is 32.1. The van der Waals surface area contributed by atoms with E-state index in [0.29, 0.717) is 0 Å². The molecule has 0 unspecified atom stereocenters. The zero-order valence-electron chi connectivity index (χ0n) is 15.0. The average molecular weight is 343 g/mol. The minimum Gasteiger partial charge on any atom is -0.403 e. The van der Waals surface area contributed by atoms with Crippen LogP contribution in [0.4, 0.5) is 5.69 Å². The van der Waals surface area contributed by atoms with E-state index in [1.165, 1.54) is 10.6 Å². The van der Waals surface area contributed by atoms with E-state index in [-0.39, 0.29) is 18.3 Å². The first-order chi connectivity index (χ1) is 11.4. The van der Waals surface area contributed by atoms with Crippen molar-refractivity contribution in [1.82, 2.24) is 0 Å². The Kier molecular flexibility index (Phi) is 5.04. The van der Waals surface area contributed by atoms with Crippen LogP contribution in [0.1, 0.15) is 32.6 Å². The second kappa shape index (κ2) is 6.91. The maximum atomic E-state index is 6.14. The van der Waals surface area contributed by atoms with Gasteiger partial charge in [-0.25, -0.2) is 0 Å². The first kappa shape index (κ1) is 17.5. The number of para-hydroxylation sites is 1. The molecule has 1 aromatic heterocycles. The van der Waals surface area contributed by atoms with Gasteiger partial charge in [-0.05, 0) is 57.6 Å². The van der Waals surface area contributed by atoms with Gasteiger partial charge in [0.25, 0.3) is 0 Å². The zero-order chi connectivity index (χ0) is 17.2. The second-order valence-corrected chi connectivity index (χ2v) is 8.34. The molecule has 24 heavy (non-hydrogen) atoms. The average Bonchev–Trinajstić information content (AvgIpc) is 3.10. The Bertz CT molecular complexity index is 627. The Morgan fingerprint density at radius 3 is 2.21 bits per heavy atom. The quantitative estimate of drug-likeness (QED) is 0.700. The van der Waals surface area contributed by atoms with Gasteiger partial charge in [0, 0.05) is 17.1 Å². The van der Waals surface area contributed by atoms with Gasteiger partial charge in [0.15, 0.2) is 0 Å². The Morgan fingerprint density at radius 2 is 1.62 bits per heavy atom. The lowest BCUT2D eigenvalue weighted by atomic mass is 9.84. The van der Waals surface area contributed by atoms with E-state index in [0.717, 1.165) is 19.4 Å². The lowest BCUT2D eigenvalue weighted by Gasteiger charge is -2.32. The van der Waals surface area contributed by atoms with Gasteiger partial charge in [-0.15, -0.1) is 11.3 Å². The Morgan fingerprint density at radius 1 is 0.958 bits per heavy atom. The summed E-state index contributed by atoms with van der Waals surface area (Å²) in [5, 5.41) is 2.13. The molecule has 1 saturated heterocycles. The van der Waals surface area contributed by atoms with Crippen molar-refractivity contribution in [3.63, 3.8) is 0 Å². The lowest BCUT2D eigenvalue weighted by molar-refractivity contribution is 0.00578. The van der Waals surface area contributed by atoms with Crippen molar-refractivity contribution in [3.8, 4) is 0 Å². The molecule has 5 heteroatoms. The summed E-state index contributed by atoms with van der Waals surface area (Å²) in [6, 6.07) is 14.9. The van der Waals surface area contributed by atoms with Crippen LogP contribution in [-0.2, 0) is 15.9 Å². The van der Waals surface area contributed by atoms with E-state index in [9.17, 15) is 0 Å². The van der Waals surface area contributed by atoms with Crippen LogP contribution in [0.5, 0.6) is 0 Å². The maximum absolute atomic E-state index is 6.14. The van der Waals surface area contributed by atoms with Gasteiger partial charge >= 0.3 is 7.12 Å². The Hall–Kier alpha value is -1.30. The molecule has 0 spiro atoms. The molecule has 0 atom stereocenters. The number of hydrogen-bond donors (Lipinski definition) is 0. The van der Waals surface area contributed by atoms with Crippen molar-refractivity contribution in [2.45, 2.75) is 51.8 Å². The minimum atomic E-state index is -0.261. The molecule has 2 heterocycles. The molecule has 3 nitrogen and oxygen atoms in total. The van der Waals surface area contributed by atoms with E-state index in [4.69, 9.17) is 9.31 Å². The standard InChI is InChI=1S/C19H26BNO2S/c1-18(2)19(3,4)23-20(22-18)12-13-21(15-17-11-8-14-24-17)16-9-6-5-7-10-16/h5-11,14H,12-13,15H2,1-4H3. The summed E-state index contributed by atoms with van der Waals surface area (Å²) in [4.78, 5) is 3.77. The molecular weight excluding hydrogens is 317 g/mol. The van der Waals surface area contributed by atoms with Crippen molar-refractivity contribution < 1.29 is 9.31 Å². The van der Waals surface area contributed by atoms with Crippen LogP contribution >= 0.6 is 11.3 Å². The van der Waals surface area contributed by atoms with Crippen molar-refractivity contribution >= 4 is 24.1 Å². The third kappa shape index (κ3) is 3.85. The lowest BCUT2D eigenvalue weighted by Crippen LogP contribution is -2.41. The first-order valence-electron chi connectivity index (χ1n) is 8.55. The summed E-state index contributed by atoms with van der Waals surface area (Å²) in [6.07, 6.45) is 0.854. The van der Waals surface area contributed by atoms with E-state index < -0.39 is 0 Å². The molecule has 1 aliphatic rings. The fourth-order valence-corrected chi connectivity index (χ4v) is 3.59. The number of rotatable bonds is 6. The van der Waals surface area contributed by atoms with Crippen molar-refractivity contribution in [1.29, 1.82) is 0 Å². The van der Waals surface area contributed by atoms with Crippen LogP contribution in [-0.4, -0.2) is 24.9 Å². The molecule has 2 aromatic rings. The van der Waals surface area contributed by atoms with Gasteiger partial charge in [0.05, 0.1) is 17.7 Å². The molecule has 0 bridgehead atoms. The molecule has 0 saturated carbocycles. The van der Waals surface area contributed by atoms with Crippen molar-refractivity contribution in [2.75, 3.05) is 11.4 Å². The van der Waals surface area contributed by atoms with Crippen molar-refractivity contribution in [3.05, 3.63) is 52.7 Å². The van der Waals surface area contributed by atoms with Crippen LogP contribution in [0.15, 0.2) is 47.8 Å². The van der Waals surface area contributed by atoms with Gasteiger partial charge in [-0.2, -0.15) is 0 Å². The monoisotopic (exact) mass is 343 g/mol. The number of nitrogens with zero attached hydrogens (tertiary/aromatic N) is 1. The van der Waals surface area contributed by atoms with Crippen LogP contribution < -0.4 is 4.90 Å². The fourth-order valence-electron chi connectivity index (χ4n) is 2.87. The molecule has 0 radical (unpaired) electrons. The highest BCUT2D eigenvalue weighted by Gasteiger charge is 2.50. The van der Waals surface area contributed by atoms with Gasteiger partial charge < -0.3 is 14.2 Å². The third-order valence-corrected chi connectivity index (χ3v) is 5.85. The van der Waals surface area contributed by atoms with Gasteiger partial charge in [-0.1, -0.05) is 24.3 Å². The Balaban J connectivity index is 1.67. The molecule has 3 rings (SSSR count). The summed E-state index contributed by atoms with van der Waals surface area (Å²) in [7, 11) is -0.149. The number of anilines is 1. The van der Waals surface area contributed by atoms with Crippen LogP contribution in [0.2, 0.25) is 6.32 Å². The summed E-state index contributed by atoms with van der Waals surface area (Å²) < 4.78 is 12.3. The second-order valence-electron chi connectivity index (χ2n) is 7.31. The smallest absolute Gasteiger partial charge is 0.403 e. The normalized spacial score (nSPS) is 18.8. The number of thiophene rings is 1. The maximum Gasteiger partial charge on any atom is 0.459 e. The SMILES string of the molecule is CC1(C)OB(CCN(Cc2cccs2)c2ccccc2)OC1(C)C. The molecule has 0 amide bonds. The van der Waals surface area contributed by atoms with Gasteiger partial charge in [0.2, 0.25) is 0 Å².